The number of hydrogen-bond donors (Lipinski definition) is 2. The highest BCUT2D eigenvalue weighted by molar-refractivity contribution is 6.12. The van der Waals surface area contributed by atoms with Gasteiger partial charge < -0.3 is 24.4 Å². The maximum absolute atomic E-state index is 10.5. The Morgan fingerprint density at radius 3 is 3.00 bits per heavy atom. The fraction of sp³-hybridized carbons (Fsp3) is 1.00. The Hall–Kier alpha value is -0.135. The van der Waals surface area contributed by atoms with Crippen molar-refractivity contribution in [1.29, 1.82) is 0 Å². The maximum atomic E-state index is 10.5. The summed E-state index contributed by atoms with van der Waals surface area (Å²) >= 11 is 0. The maximum Gasteiger partial charge on any atom is 0.147 e. The van der Waals surface area contributed by atoms with E-state index in [0.717, 1.165) is 0 Å². The Bertz CT molecular complexity index is 227. The zero-order chi connectivity index (χ0) is 10.9. The number of hydrogen-bond acceptors (Lipinski definition) is 5. The second-order valence-corrected chi connectivity index (χ2v) is 4.21. The van der Waals surface area contributed by atoms with Crippen LogP contribution in [0.15, 0.2) is 0 Å². The van der Waals surface area contributed by atoms with Crippen molar-refractivity contribution in [3.63, 3.8) is 0 Å². The Labute approximate surface area is 89.7 Å². The van der Waals surface area contributed by atoms with Crippen LogP contribution in [-0.4, -0.2) is 61.9 Å². The van der Waals surface area contributed by atoms with E-state index >= 15 is 0 Å². The minimum absolute atomic E-state index is 0.0723. The molecule has 0 aromatic heterocycles. The molecule has 0 aromatic carbocycles. The summed E-state index contributed by atoms with van der Waals surface area (Å²) in [6.07, 6.45) is 0.536. The molecule has 2 N–H and O–H groups in total. The molecule has 86 valence electrons. The fourth-order valence-electron chi connectivity index (χ4n) is 2.38. The second kappa shape index (κ2) is 4.39. The van der Waals surface area contributed by atoms with Gasteiger partial charge in [-0.15, -0.1) is 0 Å². The number of rotatable bonds is 3. The molecule has 2 rings (SSSR count). The van der Waals surface area contributed by atoms with Crippen molar-refractivity contribution in [2.75, 3.05) is 20.0 Å². The average Bonchev–Trinajstić information content (AvgIpc) is 2.50. The Morgan fingerprint density at radius 1 is 1.47 bits per heavy atom. The van der Waals surface area contributed by atoms with E-state index in [1.807, 2.05) is 7.85 Å². The lowest BCUT2D eigenvalue weighted by Gasteiger charge is -2.34. The quantitative estimate of drug-likeness (QED) is 0.546. The average molecular weight is 216 g/mol. The molecule has 5 nitrogen and oxygen atoms in total. The molecule has 6 heteroatoms. The molecule has 0 radical (unpaired) electrons. The molecule has 2 aliphatic rings. The van der Waals surface area contributed by atoms with Gasteiger partial charge in [0.15, 0.2) is 0 Å². The van der Waals surface area contributed by atoms with Crippen LogP contribution >= 0.6 is 0 Å². The molecule has 15 heavy (non-hydrogen) atoms. The van der Waals surface area contributed by atoms with Crippen molar-refractivity contribution in [3.8, 4) is 0 Å². The molecule has 2 fully saturated rings. The summed E-state index contributed by atoms with van der Waals surface area (Å²) in [4.78, 5) is 0. The van der Waals surface area contributed by atoms with E-state index in [-0.39, 0.29) is 31.6 Å². The highest BCUT2D eigenvalue weighted by Crippen LogP contribution is 2.37. The third-order valence-corrected chi connectivity index (χ3v) is 3.26. The summed E-state index contributed by atoms with van der Waals surface area (Å²) in [5.41, 5.74) is -0.989. The predicted octanol–water partition coefficient (Wildman–Crippen LogP) is -1.78. The van der Waals surface area contributed by atoms with Crippen molar-refractivity contribution < 1.29 is 24.4 Å². The van der Waals surface area contributed by atoms with E-state index in [1.54, 1.807) is 0 Å². The lowest BCUT2D eigenvalue weighted by Crippen LogP contribution is -2.52. The van der Waals surface area contributed by atoms with Crippen molar-refractivity contribution in [2.45, 2.75) is 36.7 Å². The summed E-state index contributed by atoms with van der Waals surface area (Å²) < 4.78 is 16.1. The second-order valence-electron chi connectivity index (χ2n) is 4.21. The first-order valence-corrected chi connectivity index (χ1v) is 5.36. The molecule has 0 aliphatic carbocycles. The van der Waals surface area contributed by atoms with Gasteiger partial charge in [-0.2, -0.15) is 0 Å². The van der Waals surface area contributed by atoms with Gasteiger partial charge in [0.2, 0.25) is 0 Å². The summed E-state index contributed by atoms with van der Waals surface area (Å²) in [5.74, 6) is 0. The number of fused-ring (bicyclic) bond motifs is 1. The molecule has 0 spiro atoms. The molecule has 4 atom stereocenters. The largest absolute Gasteiger partial charge is 0.396 e. The van der Waals surface area contributed by atoms with E-state index in [2.05, 4.69) is 0 Å². The summed E-state index contributed by atoms with van der Waals surface area (Å²) in [5, 5.41) is 19.3. The Balaban J connectivity index is 2.07. The Kier molecular flexibility index (Phi) is 3.32. The van der Waals surface area contributed by atoms with Gasteiger partial charge in [0.1, 0.15) is 32.4 Å². The van der Waals surface area contributed by atoms with Crippen molar-refractivity contribution in [1.82, 2.24) is 0 Å². The summed E-state index contributed by atoms with van der Waals surface area (Å²) in [7, 11) is 1.83. The van der Waals surface area contributed by atoms with Gasteiger partial charge in [-0.25, -0.2) is 0 Å². The molecule has 2 heterocycles. The number of ether oxygens (including phenoxy) is 3. The van der Waals surface area contributed by atoms with Crippen LogP contribution in [0.1, 0.15) is 12.8 Å². The van der Waals surface area contributed by atoms with Gasteiger partial charge in [-0.05, 0) is 12.8 Å². The zero-order valence-electron chi connectivity index (χ0n) is 8.89. The zero-order valence-corrected chi connectivity index (χ0v) is 8.89. The van der Waals surface area contributed by atoms with Crippen molar-refractivity contribution >= 4 is 7.85 Å². The lowest BCUT2D eigenvalue weighted by molar-refractivity contribution is -0.204. The van der Waals surface area contributed by atoms with E-state index in [0.29, 0.717) is 19.4 Å². The van der Waals surface area contributed by atoms with Crippen LogP contribution in [0.25, 0.3) is 0 Å². The molecule has 0 aromatic rings. The van der Waals surface area contributed by atoms with Crippen LogP contribution < -0.4 is 0 Å². The predicted molar refractivity (Wildman–Crippen MR) is 54.2 cm³/mol. The van der Waals surface area contributed by atoms with E-state index in [9.17, 15) is 5.11 Å². The topological polar surface area (TPSA) is 68.2 Å². The summed E-state index contributed by atoms with van der Waals surface area (Å²) in [6, 6.07) is -0.277. The van der Waals surface area contributed by atoms with Crippen LogP contribution in [-0.2, 0) is 14.2 Å². The minimum atomic E-state index is -0.989. The van der Waals surface area contributed by atoms with Gasteiger partial charge in [0.05, 0.1) is 12.6 Å². The first-order chi connectivity index (χ1) is 7.18. The van der Waals surface area contributed by atoms with Gasteiger partial charge >= 0.3 is 0 Å². The SMILES string of the molecule is BC1OC2COCO[C@H]2[C@]1(O)CCCO. The van der Waals surface area contributed by atoms with E-state index < -0.39 is 5.60 Å². The van der Waals surface area contributed by atoms with Crippen LogP contribution in [0.3, 0.4) is 0 Å². The number of aliphatic hydroxyl groups excluding tert-OH is 1. The smallest absolute Gasteiger partial charge is 0.147 e. The monoisotopic (exact) mass is 216 g/mol. The highest BCUT2D eigenvalue weighted by atomic mass is 16.7. The first kappa shape index (κ1) is 11.4. The van der Waals surface area contributed by atoms with E-state index in [1.165, 1.54) is 0 Å². The molecule has 0 bridgehead atoms. The van der Waals surface area contributed by atoms with Crippen LogP contribution in [0.5, 0.6) is 0 Å². The van der Waals surface area contributed by atoms with Crippen LogP contribution in [0, 0.1) is 0 Å². The van der Waals surface area contributed by atoms with Crippen molar-refractivity contribution in [3.05, 3.63) is 0 Å². The van der Waals surface area contributed by atoms with Gasteiger partial charge in [-0.3, -0.25) is 0 Å². The fourth-order valence-corrected chi connectivity index (χ4v) is 2.38. The van der Waals surface area contributed by atoms with Gasteiger partial charge in [0, 0.05) is 6.61 Å². The normalized spacial score (nSPS) is 45.3. The minimum Gasteiger partial charge on any atom is -0.396 e. The van der Waals surface area contributed by atoms with Gasteiger partial charge in [-0.1, -0.05) is 0 Å². The molecule has 2 aliphatic heterocycles. The third-order valence-electron chi connectivity index (χ3n) is 3.26. The summed E-state index contributed by atoms with van der Waals surface area (Å²) in [6.45, 7) is 0.748. The Morgan fingerprint density at radius 2 is 2.27 bits per heavy atom. The highest BCUT2D eigenvalue weighted by Gasteiger charge is 2.54. The molecule has 2 unspecified atom stereocenters. The molecular formula is C9H17BO5. The van der Waals surface area contributed by atoms with Crippen LogP contribution in [0.4, 0.5) is 0 Å². The number of aliphatic hydroxyl groups is 2. The van der Waals surface area contributed by atoms with Crippen LogP contribution in [0.2, 0.25) is 0 Å². The standard InChI is InChI=1S/C9H17BO5/c10-8-9(12,2-1-3-11)7-6(15-8)4-13-5-14-7/h6-8,11-12H,1-5,10H2/t6?,7-,8?,9-/m1/s1. The first-order valence-electron chi connectivity index (χ1n) is 5.36. The third kappa shape index (κ3) is 1.92. The van der Waals surface area contributed by atoms with Gasteiger partial charge in [0.25, 0.3) is 0 Å². The van der Waals surface area contributed by atoms with E-state index in [4.69, 9.17) is 19.3 Å². The molecule has 0 saturated carbocycles. The lowest BCUT2D eigenvalue weighted by atomic mass is 9.77. The van der Waals surface area contributed by atoms with Crippen molar-refractivity contribution in [2.24, 2.45) is 0 Å². The molecule has 0 amide bonds. The molecular weight excluding hydrogens is 199 g/mol. The molecule has 2 saturated heterocycles.